The molecule has 0 saturated carbocycles. The van der Waals surface area contributed by atoms with Crippen LogP contribution in [0.5, 0.6) is 11.5 Å². The predicted octanol–water partition coefficient (Wildman–Crippen LogP) is 3.17. The third kappa shape index (κ3) is 2.69. The summed E-state index contributed by atoms with van der Waals surface area (Å²) in [4.78, 5) is 10.2. The van der Waals surface area contributed by atoms with Crippen molar-refractivity contribution < 1.29 is 14.4 Å². The van der Waals surface area contributed by atoms with E-state index in [-0.39, 0.29) is 18.4 Å². The Morgan fingerprint density at radius 2 is 1.91 bits per heavy atom. The van der Waals surface area contributed by atoms with Gasteiger partial charge >= 0.3 is 0 Å². The summed E-state index contributed by atoms with van der Waals surface area (Å²) in [6.45, 7) is 0.211. The molecule has 6 nitrogen and oxygen atoms in total. The summed E-state index contributed by atoms with van der Waals surface area (Å²) in [6, 6.07) is 13.9. The molecule has 0 radical (unpaired) electrons. The van der Waals surface area contributed by atoms with Gasteiger partial charge < -0.3 is 9.47 Å². The fourth-order valence-corrected chi connectivity index (χ4v) is 2.37. The van der Waals surface area contributed by atoms with E-state index in [9.17, 15) is 15.4 Å². The highest BCUT2D eigenvalue weighted by molar-refractivity contribution is 5.45. The van der Waals surface area contributed by atoms with Crippen LogP contribution in [0.1, 0.15) is 17.0 Å². The molecule has 0 spiro atoms. The van der Waals surface area contributed by atoms with Crippen LogP contribution in [0.4, 0.5) is 5.69 Å². The molecule has 3 rings (SSSR count). The molecular weight excluding hydrogens is 284 g/mol. The van der Waals surface area contributed by atoms with Crippen LogP contribution >= 0.6 is 0 Å². The van der Waals surface area contributed by atoms with Crippen LogP contribution in [0, 0.1) is 21.4 Å². The van der Waals surface area contributed by atoms with Gasteiger partial charge in [0.1, 0.15) is 0 Å². The molecule has 1 atom stereocenters. The van der Waals surface area contributed by atoms with E-state index in [1.807, 2.05) is 18.2 Å². The first-order valence-corrected chi connectivity index (χ1v) is 6.70. The Kier molecular flexibility index (Phi) is 3.62. The number of non-ortho nitro benzene ring substituents is 1. The summed E-state index contributed by atoms with van der Waals surface area (Å²) < 4.78 is 10.6. The van der Waals surface area contributed by atoms with Gasteiger partial charge in [0, 0.05) is 12.1 Å². The molecule has 22 heavy (non-hydrogen) atoms. The van der Waals surface area contributed by atoms with E-state index in [1.165, 1.54) is 12.1 Å². The molecular formula is C16H12N2O4. The van der Waals surface area contributed by atoms with Crippen molar-refractivity contribution in [1.29, 1.82) is 5.26 Å². The highest BCUT2D eigenvalue weighted by Crippen LogP contribution is 2.34. The van der Waals surface area contributed by atoms with Gasteiger partial charge in [-0.25, -0.2) is 0 Å². The van der Waals surface area contributed by atoms with Crippen LogP contribution in [0.25, 0.3) is 0 Å². The molecule has 0 saturated heterocycles. The van der Waals surface area contributed by atoms with Crippen molar-refractivity contribution >= 4 is 5.69 Å². The Bertz CT molecular complexity index is 750. The van der Waals surface area contributed by atoms with Crippen molar-refractivity contribution in [1.82, 2.24) is 0 Å². The lowest BCUT2D eigenvalue weighted by atomic mass is 9.93. The molecule has 0 N–H and O–H groups in total. The molecule has 110 valence electrons. The van der Waals surface area contributed by atoms with Crippen LogP contribution in [0.2, 0.25) is 0 Å². The first kappa shape index (κ1) is 13.9. The summed E-state index contributed by atoms with van der Waals surface area (Å²) in [6.07, 6.45) is 0.505. The Morgan fingerprint density at radius 1 is 1.18 bits per heavy atom. The van der Waals surface area contributed by atoms with E-state index in [2.05, 4.69) is 6.07 Å². The lowest BCUT2D eigenvalue weighted by Gasteiger charge is -2.10. The maximum Gasteiger partial charge on any atom is 0.269 e. The van der Waals surface area contributed by atoms with E-state index in [1.54, 1.807) is 12.1 Å². The fourth-order valence-electron chi connectivity index (χ4n) is 2.37. The first-order chi connectivity index (χ1) is 10.7. The summed E-state index contributed by atoms with van der Waals surface area (Å²) in [7, 11) is 0. The van der Waals surface area contributed by atoms with E-state index in [4.69, 9.17) is 9.47 Å². The second kappa shape index (κ2) is 5.74. The maximum atomic E-state index is 10.7. The molecule has 0 aromatic heterocycles. The number of nitro benzene ring substituents is 1. The van der Waals surface area contributed by atoms with Gasteiger partial charge in [0.2, 0.25) is 6.79 Å². The normalized spacial score (nSPS) is 13.4. The van der Waals surface area contributed by atoms with Crippen molar-refractivity contribution in [2.75, 3.05) is 6.79 Å². The summed E-state index contributed by atoms with van der Waals surface area (Å²) in [5, 5.41) is 20.0. The van der Waals surface area contributed by atoms with Crippen LogP contribution in [-0.4, -0.2) is 11.7 Å². The molecule has 1 aliphatic rings. The molecule has 0 amide bonds. The molecule has 2 aromatic carbocycles. The van der Waals surface area contributed by atoms with E-state index >= 15 is 0 Å². The smallest absolute Gasteiger partial charge is 0.269 e. The average molecular weight is 296 g/mol. The van der Waals surface area contributed by atoms with Crippen LogP contribution in [0.3, 0.4) is 0 Å². The monoisotopic (exact) mass is 296 g/mol. The summed E-state index contributed by atoms with van der Waals surface area (Å²) in [5.74, 6) is 1.01. The SMILES string of the molecule is N#CC(Cc1ccc2c(c1)OCO2)c1ccc([N+](=O)[O-])cc1. The number of nitrogens with zero attached hydrogens (tertiary/aromatic N) is 2. The van der Waals surface area contributed by atoms with Gasteiger partial charge in [-0.2, -0.15) is 5.26 Å². The number of benzene rings is 2. The van der Waals surface area contributed by atoms with E-state index in [0.29, 0.717) is 17.9 Å². The lowest BCUT2D eigenvalue weighted by Crippen LogP contribution is -2.01. The molecule has 2 aromatic rings. The third-order valence-electron chi connectivity index (χ3n) is 3.54. The molecule has 0 aliphatic carbocycles. The Labute approximate surface area is 126 Å². The van der Waals surface area contributed by atoms with Crippen LogP contribution in [0.15, 0.2) is 42.5 Å². The lowest BCUT2D eigenvalue weighted by molar-refractivity contribution is -0.384. The van der Waals surface area contributed by atoms with Gasteiger partial charge in [-0.05, 0) is 29.7 Å². The van der Waals surface area contributed by atoms with Crippen molar-refractivity contribution in [3.05, 3.63) is 63.7 Å². The largest absolute Gasteiger partial charge is 0.454 e. The second-order valence-corrected chi connectivity index (χ2v) is 4.92. The molecule has 1 unspecified atom stereocenters. The summed E-state index contributed by atoms with van der Waals surface area (Å²) >= 11 is 0. The number of ether oxygens (including phenoxy) is 2. The molecule has 0 bridgehead atoms. The van der Waals surface area contributed by atoms with Gasteiger partial charge in [0.15, 0.2) is 11.5 Å². The number of nitriles is 1. The van der Waals surface area contributed by atoms with Gasteiger partial charge in [0.25, 0.3) is 5.69 Å². The summed E-state index contributed by atoms with van der Waals surface area (Å²) in [5.41, 5.74) is 1.73. The van der Waals surface area contributed by atoms with Crippen LogP contribution in [-0.2, 0) is 6.42 Å². The number of hydrogen-bond acceptors (Lipinski definition) is 5. The van der Waals surface area contributed by atoms with Gasteiger partial charge in [-0.1, -0.05) is 18.2 Å². The Balaban J connectivity index is 1.80. The molecule has 1 heterocycles. The van der Waals surface area contributed by atoms with Crippen molar-refractivity contribution in [2.24, 2.45) is 0 Å². The number of rotatable bonds is 4. The zero-order valence-electron chi connectivity index (χ0n) is 11.6. The molecule has 1 aliphatic heterocycles. The quantitative estimate of drug-likeness (QED) is 0.639. The van der Waals surface area contributed by atoms with E-state index < -0.39 is 4.92 Å². The van der Waals surface area contributed by atoms with Crippen molar-refractivity contribution in [3.63, 3.8) is 0 Å². The van der Waals surface area contributed by atoms with Crippen molar-refractivity contribution in [2.45, 2.75) is 12.3 Å². The number of hydrogen-bond donors (Lipinski definition) is 0. The minimum absolute atomic E-state index is 0.0171. The molecule has 6 heteroatoms. The minimum Gasteiger partial charge on any atom is -0.454 e. The highest BCUT2D eigenvalue weighted by atomic mass is 16.7. The minimum atomic E-state index is -0.455. The standard InChI is InChI=1S/C16H12N2O4/c17-9-13(12-2-4-14(5-3-12)18(19)20)7-11-1-6-15-16(8-11)22-10-21-15/h1-6,8,13H,7,10H2. The van der Waals surface area contributed by atoms with Gasteiger partial charge in [-0.3, -0.25) is 10.1 Å². The zero-order chi connectivity index (χ0) is 15.5. The molecule has 0 fully saturated rings. The third-order valence-corrected chi connectivity index (χ3v) is 3.54. The van der Waals surface area contributed by atoms with Crippen LogP contribution < -0.4 is 9.47 Å². The van der Waals surface area contributed by atoms with Gasteiger partial charge in [-0.15, -0.1) is 0 Å². The zero-order valence-corrected chi connectivity index (χ0v) is 11.6. The van der Waals surface area contributed by atoms with Gasteiger partial charge in [0.05, 0.1) is 16.9 Å². The van der Waals surface area contributed by atoms with Crippen molar-refractivity contribution in [3.8, 4) is 17.6 Å². The topological polar surface area (TPSA) is 85.4 Å². The maximum absolute atomic E-state index is 10.7. The van der Waals surface area contributed by atoms with E-state index in [0.717, 1.165) is 11.1 Å². The highest BCUT2D eigenvalue weighted by Gasteiger charge is 2.17. The Hall–Kier alpha value is -3.07. The number of nitro groups is 1. The first-order valence-electron chi connectivity index (χ1n) is 6.70. The predicted molar refractivity (Wildman–Crippen MR) is 77.7 cm³/mol. The average Bonchev–Trinajstić information content (AvgIpc) is 3.00. The fraction of sp³-hybridized carbons (Fsp3) is 0.188. The second-order valence-electron chi connectivity index (χ2n) is 4.92. The number of fused-ring (bicyclic) bond motifs is 1. The Morgan fingerprint density at radius 3 is 2.59 bits per heavy atom.